The monoisotopic (exact) mass is 111 g/mol. The van der Waals surface area contributed by atoms with Gasteiger partial charge in [0.2, 0.25) is 0 Å². The highest BCUT2D eigenvalue weighted by atomic mass is 16.5. The predicted octanol–water partition coefficient (Wildman–Crippen LogP) is 1.57. The van der Waals surface area contributed by atoms with E-state index in [9.17, 15) is 0 Å². The van der Waals surface area contributed by atoms with Crippen molar-refractivity contribution in [3.8, 4) is 0 Å². The van der Waals surface area contributed by atoms with Gasteiger partial charge in [-0.15, -0.1) is 0 Å². The Bertz CT molecular complexity index is 84.4. The van der Waals surface area contributed by atoms with E-state index in [0.717, 1.165) is 0 Å². The Labute approximate surface area is 50.7 Å². The van der Waals surface area contributed by atoms with E-state index in [1.165, 1.54) is 0 Å². The van der Waals surface area contributed by atoms with Gasteiger partial charge in [-0.1, -0.05) is 12.7 Å². The summed E-state index contributed by atoms with van der Waals surface area (Å²) < 4.78 is 4.89. The number of ether oxygens (including phenoxy) is 1. The SMILES string of the molecule is C=C/[C]=C\C(C)OC. The summed E-state index contributed by atoms with van der Waals surface area (Å²) in [7, 11) is 1.66. The van der Waals surface area contributed by atoms with Gasteiger partial charge in [-0.2, -0.15) is 0 Å². The van der Waals surface area contributed by atoms with Crippen LogP contribution < -0.4 is 0 Å². The lowest BCUT2D eigenvalue weighted by molar-refractivity contribution is 0.156. The Balaban J connectivity index is 3.35. The third-order valence-corrected chi connectivity index (χ3v) is 0.821. The van der Waals surface area contributed by atoms with Crippen molar-refractivity contribution in [2.24, 2.45) is 0 Å². The molecule has 0 amide bonds. The zero-order chi connectivity index (χ0) is 6.41. The second-order valence-electron chi connectivity index (χ2n) is 1.48. The molecule has 1 radical (unpaired) electrons. The lowest BCUT2D eigenvalue weighted by Crippen LogP contribution is -1.97. The highest BCUT2D eigenvalue weighted by molar-refractivity contribution is 4.91. The van der Waals surface area contributed by atoms with Gasteiger partial charge in [0.25, 0.3) is 0 Å². The first-order valence-electron chi connectivity index (χ1n) is 2.54. The summed E-state index contributed by atoms with van der Waals surface area (Å²) in [6.07, 6.45) is 6.38. The maximum atomic E-state index is 4.89. The smallest absolute Gasteiger partial charge is 0.0732 e. The molecular weight excluding hydrogens is 100 g/mol. The molecule has 0 aliphatic heterocycles. The molecule has 0 aromatic carbocycles. The first-order valence-corrected chi connectivity index (χ1v) is 2.54. The molecule has 1 unspecified atom stereocenters. The topological polar surface area (TPSA) is 9.23 Å². The maximum absolute atomic E-state index is 4.89. The van der Waals surface area contributed by atoms with Crippen LogP contribution in [-0.2, 0) is 4.74 Å². The average Bonchev–Trinajstić information content (AvgIpc) is 1.83. The first kappa shape index (κ1) is 7.44. The third-order valence-electron chi connectivity index (χ3n) is 0.821. The molecule has 0 aromatic rings. The lowest BCUT2D eigenvalue weighted by Gasteiger charge is -1.98. The van der Waals surface area contributed by atoms with Crippen molar-refractivity contribution in [1.29, 1.82) is 0 Å². The molecule has 1 heteroatoms. The average molecular weight is 111 g/mol. The second-order valence-corrected chi connectivity index (χ2v) is 1.48. The minimum absolute atomic E-state index is 0.146. The van der Waals surface area contributed by atoms with Crippen LogP contribution in [0, 0.1) is 6.08 Å². The molecule has 0 fully saturated rings. The molecule has 0 bridgehead atoms. The van der Waals surface area contributed by atoms with Gasteiger partial charge in [0.15, 0.2) is 0 Å². The van der Waals surface area contributed by atoms with E-state index in [0.29, 0.717) is 0 Å². The molecule has 0 saturated carbocycles. The highest BCUT2D eigenvalue weighted by Crippen LogP contribution is 1.87. The summed E-state index contributed by atoms with van der Waals surface area (Å²) in [5.41, 5.74) is 0. The summed E-state index contributed by atoms with van der Waals surface area (Å²) in [6.45, 7) is 5.41. The molecule has 0 saturated heterocycles. The Kier molecular flexibility index (Phi) is 4.27. The largest absolute Gasteiger partial charge is 0.378 e. The first-order chi connectivity index (χ1) is 3.81. The van der Waals surface area contributed by atoms with Crippen LogP contribution in [0.2, 0.25) is 0 Å². The summed E-state index contributed by atoms with van der Waals surface area (Å²) in [4.78, 5) is 0. The quantitative estimate of drug-likeness (QED) is 0.502. The maximum Gasteiger partial charge on any atom is 0.0732 e. The lowest BCUT2D eigenvalue weighted by atomic mass is 10.3. The molecule has 0 N–H and O–H groups in total. The Hall–Kier alpha value is -0.560. The van der Waals surface area contributed by atoms with Crippen LogP contribution in [0.1, 0.15) is 6.92 Å². The minimum atomic E-state index is 0.146. The van der Waals surface area contributed by atoms with Gasteiger partial charge in [-0.3, -0.25) is 0 Å². The van der Waals surface area contributed by atoms with E-state index in [1.54, 1.807) is 13.2 Å². The van der Waals surface area contributed by atoms with Gasteiger partial charge >= 0.3 is 0 Å². The fourth-order valence-electron chi connectivity index (χ4n) is 0.272. The van der Waals surface area contributed by atoms with Crippen LogP contribution in [0.15, 0.2) is 18.7 Å². The molecule has 1 nitrogen and oxygen atoms in total. The normalized spacial score (nSPS) is 14.2. The third kappa shape index (κ3) is 3.62. The van der Waals surface area contributed by atoms with Gasteiger partial charge in [0.1, 0.15) is 0 Å². The van der Waals surface area contributed by atoms with E-state index in [-0.39, 0.29) is 6.10 Å². The van der Waals surface area contributed by atoms with Gasteiger partial charge in [0.05, 0.1) is 6.10 Å². The molecular formula is C7H11O. The van der Waals surface area contributed by atoms with E-state index in [2.05, 4.69) is 12.7 Å². The van der Waals surface area contributed by atoms with Crippen LogP contribution >= 0.6 is 0 Å². The number of hydrogen-bond acceptors (Lipinski definition) is 1. The Morgan fingerprint density at radius 1 is 1.75 bits per heavy atom. The molecule has 1 atom stereocenters. The zero-order valence-corrected chi connectivity index (χ0v) is 5.35. The van der Waals surface area contributed by atoms with Crippen LogP contribution in [0.25, 0.3) is 0 Å². The van der Waals surface area contributed by atoms with E-state index >= 15 is 0 Å². The summed E-state index contributed by atoms with van der Waals surface area (Å²) in [6, 6.07) is 0. The molecule has 8 heavy (non-hydrogen) atoms. The zero-order valence-electron chi connectivity index (χ0n) is 5.35. The van der Waals surface area contributed by atoms with Crippen molar-refractivity contribution in [2.45, 2.75) is 13.0 Å². The summed E-state index contributed by atoms with van der Waals surface area (Å²) >= 11 is 0. The van der Waals surface area contributed by atoms with Gasteiger partial charge in [0, 0.05) is 7.11 Å². The molecule has 0 aliphatic rings. The summed E-state index contributed by atoms with van der Waals surface area (Å²) in [5, 5.41) is 0. The van der Waals surface area contributed by atoms with E-state index < -0.39 is 0 Å². The number of rotatable bonds is 3. The highest BCUT2D eigenvalue weighted by Gasteiger charge is 1.86. The fraction of sp³-hybridized carbons (Fsp3) is 0.429. The number of hydrogen-bond donors (Lipinski definition) is 0. The van der Waals surface area contributed by atoms with Gasteiger partial charge in [-0.25, -0.2) is 0 Å². The van der Waals surface area contributed by atoms with Crippen molar-refractivity contribution >= 4 is 0 Å². The molecule has 0 rings (SSSR count). The standard InChI is InChI=1S/C7H11O/c1-4-5-6-7(2)8-3/h4,6-7H,1H2,2-3H3. The molecule has 0 heterocycles. The minimum Gasteiger partial charge on any atom is -0.378 e. The van der Waals surface area contributed by atoms with Crippen LogP contribution in [0.4, 0.5) is 0 Å². The van der Waals surface area contributed by atoms with Crippen molar-refractivity contribution in [2.75, 3.05) is 7.11 Å². The number of allylic oxidation sites excluding steroid dienone is 2. The second kappa shape index (κ2) is 4.60. The number of methoxy groups -OCH3 is 1. The van der Waals surface area contributed by atoms with E-state index in [4.69, 9.17) is 4.74 Å². The molecule has 0 spiro atoms. The van der Waals surface area contributed by atoms with Gasteiger partial charge < -0.3 is 4.74 Å². The van der Waals surface area contributed by atoms with Crippen LogP contribution in [0.3, 0.4) is 0 Å². The van der Waals surface area contributed by atoms with Crippen molar-refractivity contribution in [3.63, 3.8) is 0 Å². The fourth-order valence-corrected chi connectivity index (χ4v) is 0.272. The molecule has 0 aromatic heterocycles. The van der Waals surface area contributed by atoms with Crippen molar-refractivity contribution in [3.05, 3.63) is 24.8 Å². The molecule has 0 aliphatic carbocycles. The van der Waals surface area contributed by atoms with E-state index in [1.807, 2.05) is 13.0 Å². The predicted molar refractivity (Wildman–Crippen MR) is 34.5 cm³/mol. The van der Waals surface area contributed by atoms with Gasteiger partial charge in [-0.05, 0) is 19.1 Å². The Morgan fingerprint density at radius 3 is 2.75 bits per heavy atom. The summed E-state index contributed by atoms with van der Waals surface area (Å²) in [5.74, 6) is 0. The Morgan fingerprint density at radius 2 is 2.38 bits per heavy atom. The van der Waals surface area contributed by atoms with Crippen LogP contribution in [-0.4, -0.2) is 13.2 Å². The molecule has 45 valence electrons. The van der Waals surface area contributed by atoms with Crippen molar-refractivity contribution < 1.29 is 4.74 Å². The van der Waals surface area contributed by atoms with Crippen molar-refractivity contribution in [1.82, 2.24) is 0 Å². The van der Waals surface area contributed by atoms with Crippen LogP contribution in [0.5, 0.6) is 0 Å².